The molecule has 0 fully saturated rings. The van der Waals surface area contributed by atoms with Crippen molar-refractivity contribution in [2.24, 2.45) is 0 Å². The molecule has 0 aliphatic rings. The number of nitrogens with one attached hydrogen (secondary N) is 1. The van der Waals surface area contributed by atoms with Crippen LogP contribution in [-0.4, -0.2) is 23.7 Å². The first kappa shape index (κ1) is 14.6. The summed E-state index contributed by atoms with van der Waals surface area (Å²) in [6, 6.07) is 8.35. The van der Waals surface area contributed by atoms with E-state index in [0.29, 0.717) is 5.69 Å². The van der Waals surface area contributed by atoms with E-state index in [2.05, 4.69) is 5.32 Å². The first-order chi connectivity index (χ1) is 10.1. The van der Waals surface area contributed by atoms with E-state index in [0.717, 1.165) is 11.1 Å². The third-order valence-corrected chi connectivity index (χ3v) is 2.91. The first-order valence-corrected chi connectivity index (χ1v) is 6.41. The molecule has 2 rings (SSSR count). The van der Waals surface area contributed by atoms with E-state index < -0.39 is 18.5 Å². The number of furan rings is 1. The zero-order valence-electron chi connectivity index (χ0n) is 11.6. The molecular formula is C15H16N2O4. The molecule has 6 heteroatoms. The van der Waals surface area contributed by atoms with Gasteiger partial charge < -0.3 is 14.8 Å². The molecule has 0 spiro atoms. The minimum atomic E-state index is -1.07. The van der Waals surface area contributed by atoms with Gasteiger partial charge in [-0.1, -0.05) is 17.7 Å². The molecule has 21 heavy (non-hydrogen) atoms. The SMILES string of the molecule is Cc1ccc(N(CC(=O)O)C(=O)NCc2ccoc2)cc1. The molecule has 110 valence electrons. The first-order valence-electron chi connectivity index (χ1n) is 6.41. The van der Waals surface area contributed by atoms with Crippen molar-refractivity contribution in [2.75, 3.05) is 11.4 Å². The Morgan fingerprint density at radius 3 is 2.52 bits per heavy atom. The lowest BCUT2D eigenvalue weighted by Gasteiger charge is -2.21. The molecule has 0 atom stereocenters. The van der Waals surface area contributed by atoms with E-state index in [4.69, 9.17) is 9.52 Å². The molecule has 0 aliphatic heterocycles. The van der Waals surface area contributed by atoms with Crippen LogP contribution in [0.15, 0.2) is 47.3 Å². The van der Waals surface area contributed by atoms with Crippen molar-refractivity contribution in [3.8, 4) is 0 Å². The van der Waals surface area contributed by atoms with Crippen LogP contribution in [0.4, 0.5) is 10.5 Å². The lowest BCUT2D eigenvalue weighted by molar-refractivity contribution is -0.135. The van der Waals surface area contributed by atoms with Crippen LogP contribution in [0.25, 0.3) is 0 Å². The van der Waals surface area contributed by atoms with E-state index in [1.165, 1.54) is 17.4 Å². The number of anilines is 1. The fourth-order valence-corrected chi connectivity index (χ4v) is 1.81. The predicted molar refractivity (Wildman–Crippen MR) is 77.1 cm³/mol. The second-order valence-electron chi connectivity index (χ2n) is 4.61. The number of carboxylic acid groups (broad SMARTS) is 1. The number of aryl methyl sites for hydroxylation is 1. The summed E-state index contributed by atoms with van der Waals surface area (Å²) in [5.74, 6) is -1.07. The Morgan fingerprint density at radius 1 is 1.24 bits per heavy atom. The van der Waals surface area contributed by atoms with E-state index in [1.54, 1.807) is 18.2 Å². The number of carboxylic acids is 1. The maximum Gasteiger partial charge on any atom is 0.323 e. The maximum atomic E-state index is 12.2. The van der Waals surface area contributed by atoms with Crippen molar-refractivity contribution in [2.45, 2.75) is 13.5 Å². The highest BCUT2D eigenvalue weighted by atomic mass is 16.4. The van der Waals surface area contributed by atoms with Crippen LogP contribution in [-0.2, 0) is 11.3 Å². The van der Waals surface area contributed by atoms with Gasteiger partial charge in [-0.2, -0.15) is 0 Å². The van der Waals surface area contributed by atoms with Crippen LogP contribution < -0.4 is 10.2 Å². The van der Waals surface area contributed by atoms with E-state index in [9.17, 15) is 9.59 Å². The molecule has 0 bridgehead atoms. The van der Waals surface area contributed by atoms with Gasteiger partial charge in [-0.3, -0.25) is 9.69 Å². The Bertz CT molecular complexity index is 605. The summed E-state index contributed by atoms with van der Waals surface area (Å²) in [5, 5.41) is 11.6. The van der Waals surface area contributed by atoms with Crippen molar-refractivity contribution >= 4 is 17.7 Å². The van der Waals surface area contributed by atoms with E-state index in [-0.39, 0.29) is 6.54 Å². The van der Waals surface area contributed by atoms with E-state index in [1.807, 2.05) is 19.1 Å². The van der Waals surface area contributed by atoms with Gasteiger partial charge in [-0.15, -0.1) is 0 Å². The second-order valence-corrected chi connectivity index (χ2v) is 4.61. The van der Waals surface area contributed by atoms with Gasteiger partial charge in [0, 0.05) is 17.8 Å². The molecule has 2 aromatic rings. The molecule has 1 heterocycles. The number of aliphatic carboxylic acids is 1. The zero-order valence-corrected chi connectivity index (χ0v) is 11.6. The smallest absolute Gasteiger partial charge is 0.323 e. The Labute approximate surface area is 122 Å². The summed E-state index contributed by atoms with van der Waals surface area (Å²) in [4.78, 5) is 24.3. The Balaban J connectivity index is 2.09. The summed E-state index contributed by atoms with van der Waals surface area (Å²) in [6.07, 6.45) is 3.03. The zero-order chi connectivity index (χ0) is 15.2. The van der Waals surface area contributed by atoms with Crippen LogP contribution in [0.3, 0.4) is 0 Å². The predicted octanol–water partition coefficient (Wildman–Crippen LogP) is 2.39. The fraction of sp³-hybridized carbons (Fsp3) is 0.200. The molecule has 0 radical (unpaired) electrons. The lowest BCUT2D eigenvalue weighted by atomic mass is 10.2. The van der Waals surface area contributed by atoms with Crippen molar-refractivity contribution in [1.82, 2.24) is 5.32 Å². The van der Waals surface area contributed by atoms with Gasteiger partial charge >= 0.3 is 12.0 Å². The Kier molecular flexibility index (Phi) is 4.61. The highest BCUT2D eigenvalue weighted by molar-refractivity contribution is 5.96. The summed E-state index contributed by atoms with van der Waals surface area (Å²) in [7, 11) is 0. The maximum absolute atomic E-state index is 12.2. The average molecular weight is 288 g/mol. The number of carbonyl (C=O) groups is 2. The van der Waals surface area contributed by atoms with Crippen LogP contribution >= 0.6 is 0 Å². The summed E-state index contributed by atoms with van der Waals surface area (Å²) in [6.45, 7) is 1.79. The molecule has 1 aromatic heterocycles. The monoisotopic (exact) mass is 288 g/mol. The van der Waals surface area contributed by atoms with Crippen LogP contribution in [0.2, 0.25) is 0 Å². The number of hydrogen-bond acceptors (Lipinski definition) is 3. The number of benzene rings is 1. The Hall–Kier alpha value is -2.76. The number of hydrogen-bond donors (Lipinski definition) is 2. The fourth-order valence-electron chi connectivity index (χ4n) is 1.81. The van der Waals surface area contributed by atoms with Gasteiger partial charge in [0.25, 0.3) is 0 Å². The molecule has 1 aromatic carbocycles. The molecule has 0 saturated carbocycles. The largest absolute Gasteiger partial charge is 0.480 e. The second kappa shape index (κ2) is 6.60. The molecular weight excluding hydrogens is 272 g/mol. The quantitative estimate of drug-likeness (QED) is 0.885. The number of amides is 2. The van der Waals surface area contributed by atoms with Gasteiger partial charge in [0.1, 0.15) is 6.54 Å². The molecule has 0 saturated heterocycles. The standard InChI is InChI=1S/C15H16N2O4/c1-11-2-4-13(5-3-11)17(9-14(18)19)15(20)16-8-12-6-7-21-10-12/h2-7,10H,8-9H2,1H3,(H,16,20)(H,18,19). The average Bonchev–Trinajstić information content (AvgIpc) is 2.96. The number of urea groups is 1. The minimum absolute atomic E-state index is 0.275. The van der Waals surface area contributed by atoms with Gasteiger partial charge in [0.15, 0.2) is 0 Å². The highest BCUT2D eigenvalue weighted by Gasteiger charge is 2.18. The molecule has 0 unspecified atom stereocenters. The molecule has 6 nitrogen and oxygen atoms in total. The van der Waals surface area contributed by atoms with Gasteiger partial charge in [0.2, 0.25) is 0 Å². The Morgan fingerprint density at radius 2 is 1.95 bits per heavy atom. The topological polar surface area (TPSA) is 82.8 Å². The molecule has 0 aliphatic carbocycles. The van der Waals surface area contributed by atoms with Gasteiger partial charge in [-0.25, -0.2) is 4.79 Å². The van der Waals surface area contributed by atoms with Crippen LogP contribution in [0, 0.1) is 6.92 Å². The number of carbonyl (C=O) groups excluding carboxylic acids is 1. The summed E-state index contributed by atoms with van der Waals surface area (Å²) < 4.78 is 4.91. The molecule has 2 amide bonds. The summed E-state index contributed by atoms with van der Waals surface area (Å²) >= 11 is 0. The lowest BCUT2D eigenvalue weighted by Crippen LogP contribution is -2.42. The van der Waals surface area contributed by atoms with Crippen molar-refractivity contribution in [1.29, 1.82) is 0 Å². The van der Waals surface area contributed by atoms with Crippen molar-refractivity contribution in [3.05, 3.63) is 54.0 Å². The molecule has 2 N–H and O–H groups in total. The normalized spacial score (nSPS) is 10.1. The third-order valence-electron chi connectivity index (χ3n) is 2.91. The number of nitrogens with zero attached hydrogens (tertiary/aromatic N) is 1. The van der Waals surface area contributed by atoms with Crippen molar-refractivity contribution in [3.63, 3.8) is 0 Å². The van der Waals surface area contributed by atoms with Crippen LogP contribution in [0.5, 0.6) is 0 Å². The van der Waals surface area contributed by atoms with Gasteiger partial charge in [0.05, 0.1) is 12.5 Å². The third kappa shape index (κ3) is 4.10. The highest BCUT2D eigenvalue weighted by Crippen LogP contribution is 2.15. The van der Waals surface area contributed by atoms with Crippen LogP contribution in [0.1, 0.15) is 11.1 Å². The number of rotatable bonds is 5. The van der Waals surface area contributed by atoms with Crippen molar-refractivity contribution < 1.29 is 19.1 Å². The van der Waals surface area contributed by atoms with E-state index >= 15 is 0 Å². The van der Waals surface area contributed by atoms with Gasteiger partial charge in [-0.05, 0) is 25.1 Å². The minimum Gasteiger partial charge on any atom is -0.480 e. The summed E-state index contributed by atoms with van der Waals surface area (Å²) in [5.41, 5.74) is 2.38.